The van der Waals surface area contributed by atoms with Gasteiger partial charge in [0.2, 0.25) is 5.91 Å². The van der Waals surface area contributed by atoms with E-state index in [0.29, 0.717) is 18.7 Å². The summed E-state index contributed by atoms with van der Waals surface area (Å²) in [6.45, 7) is 2.19. The first kappa shape index (κ1) is 12.2. The van der Waals surface area contributed by atoms with Gasteiger partial charge in [0.1, 0.15) is 0 Å². The SMILES string of the molecule is CCc1c(C(=O)OC)nnn1CCC(N)=O. The number of primary amides is 1. The molecule has 0 aliphatic carbocycles. The molecule has 16 heavy (non-hydrogen) atoms. The van der Waals surface area contributed by atoms with Crippen molar-refractivity contribution < 1.29 is 14.3 Å². The maximum atomic E-state index is 11.3. The molecule has 7 heteroatoms. The average Bonchev–Trinajstić information content (AvgIpc) is 2.67. The van der Waals surface area contributed by atoms with Gasteiger partial charge < -0.3 is 10.5 Å². The third-order valence-corrected chi connectivity index (χ3v) is 2.12. The zero-order valence-corrected chi connectivity index (χ0v) is 9.27. The molecule has 7 nitrogen and oxygen atoms in total. The minimum Gasteiger partial charge on any atom is -0.464 e. The van der Waals surface area contributed by atoms with Gasteiger partial charge in [-0.2, -0.15) is 0 Å². The van der Waals surface area contributed by atoms with E-state index in [1.807, 2.05) is 6.92 Å². The zero-order valence-electron chi connectivity index (χ0n) is 9.27. The van der Waals surface area contributed by atoms with Crippen LogP contribution in [0, 0.1) is 0 Å². The van der Waals surface area contributed by atoms with E-state index in [-0.39, 0.29) is 12.1 Å². The Kier molecular flexibility index (Phi) is 3.98. The molecule has 1 rings (SSSR count). The molecule has 0 radical (unpaired) electrons. The van der Waals surface area contributed by atoms with Crippen LogP contribution in [-0.4, -0.2) is 34.0 Å². The molecule has 1 amide bonds. The van der Waals surface area contributed by atoms with Gasteiger partial charge in [-0.15, -0.1) is 5.10 Å². The molecule has 1 aromatic rings. The predicted octanol–water partition coefficient (Wildman–Crippen LogP) is -0.497. The number of carbonyl (C=O) groups excluding carboxylic acids is 2. The lowest BCUT2D eigenvalue weighted by Crippen LogP contribution is -2.16. The summed E-state index contributed by atoms with van der Waals surface area (Å²) in [6.07, 6.45) is 0.743. The number of methoxy groups -OCH3 is 1. The molecule has 88 valence electrons. The fourth-order valence-corrected chi connectivity index (χ4v) is 1.33. The second-order valence-electron chi connectivity index (χ2n) is 3.17. The Morgan fingerprint density at radius 2 is 2.19 bits per heavy atom. The van der Waals surface area contributed by atoms with Gasteiger partial charge in [-0.25, -0.2) is 9.48 Å². The highest BCUT2D eigenvalue weighted by molar-refractivity contribution is 5.88. The van der Waals surface area contributed by atoms with E-state index in [4.69, 9.17) is 5.73 Å². The van der Waals surface area contributed by atoms with Crippen LogP contribution in [0.15, 0.2) is 0 Å². The number of nitrogens with two attached hydrogens (primary N) is 1. The second-order valence-corrected chi connectivity index (χ2v) is 3.17. The Morgan fingerprint density at radius 3 is 2.69 bits per heavy atom. The summed E-state index contributed by atoms with van der Waals surface area (Å²) < 4.78 is 6.07. The van der Waals surface area contributed by atoms with Crippen molar-refractivity contribution in [2.24, 2.45) is 5.73 Å². The number of amides is 1. The molecular weight excluding hydrogens is 212 g/mol. The number of hydrogen-bond acceptors (Lipinski definition) is 5. The molecule has 2 N–H and O–H groups in total. The van der Waals surface area contributed by atoms with Gasteiger partial charge in [0.15, 0.2) is 5.69 Å². The maximum absolute atomic E-state index is 11.3. The fraction of sp³-hybridized carbons (Fsp3) is 0.556. The first-order valence-corrected chi connectivity index (χ1v) is 4.89. The largest absolute Gasteiger partial charge is 0.464 e. The molecule has 0 aliphatic rings. The molecule has 1 aromatic heterocycles. The van der Waals surface area contributed by atoms with Crippen LogP contribution in [0.2, 0.25) is 0 Å². The van der Waals surface area contributed by atoms with Crippen LogP contribution in [0.1, 0.15) is 29.5 Å². The maximum Gasteiger partial charge on any atom is 0.360 e. The van der Waals surface area contributed by atoms with Crippen LogP contribution in [0.25, 0.3) is 0 Å². The van der Waals surface area contributed by atoms with E-state index >= 15 is 0 Å². The number of nitrogens with zero attached hydrogens (tertiary/aromatic N) is 3. The number of aromatic nitrogens is 3. The van der Waals surface area contributed by atoms with Gasteiger partial charge in [0.25, 0.3) is 0 Å². The summed E-state index contributed by atoms with van der Waals surface area (Å²) in [4.78, 5) is 22.0. The molecule has 0 spiro atoms. The van der Waals surface area contributed by atoms with Crippen molar-refractivity contribution in [2.75, 3.05) is 7.11 Å². The molecule has 0 saturated carbocycles. The van der Waals surface area contributed by atoms with Crippen molar-refractivity contribution in [1.29, 1.82) is 0 Å². The van der Waals surface area contributed by atoms with Crippen LogP contribution in [0.3, 0.4) is 0 Å². The summed E-state index contributed by atoms with van der Waals surface area (Å²) >= 11 is 0. The zero-order chi connectivity index (χ0) is 12.1. The number of esters is 1. The fourth-order valence-electron chi connectivity index (χ4n) is 1.33. The number of hydrogen-bond donors (Lipinski definition) is 1. The summed E-state index contributed by atoms with van der Waals surface area (Å²) in [5.41, 5.74) is 5.87. The molecule has 0 unspecified atom stereocenters. The molecule has 0 saturated heterocycles. The summed E-state index contributed by atoms with van der Waals surface area (Å²) in [5.74, 6) is -0.945. The van der Waals surface area contributed by atoms with Crippen LogP contribution in [0.4, 0.5) is 0 Å². The highest BCUT2D eigenvalue weighted by Crippen LogP contribution is 2.08. The third kappa shape index (κ3) is 2.56. The number of carbonyl (C=O) groups is 2. The van der Waals surface area contributed by atoms with Crippen molar-refractivity contribution in [3.63, 3.8) is 0 Å². The lowest BCUT2D eigenvalue weighted by molar-refractivity contribution is -0.118. The molecular formula is C9H14N4O3. The van der Waals surface area contributed by atoms with Gasteiger partial charge in [-0.05, 0) is 6.42 Å². The summed E-state index contributed by atoms with van der Waals surface area (Å²) in [6, 6.07) is 0. The van der Waals surface area contributed by atoms with Crippen molar-refractivity contribution in [1.82, 2.24) is 15.0 Å². The summed E-state index contributed by atoms with van der Waals surface area (Å²) in [5, 5.41) is 7.51. The van der Waals surface area contributed by atoms with Crippen LogP contribution < -0.4 is 5.73 Å². The second kappa shape index (κ2) is 5.24. The Bertz CT molecular complexity index is 399. The molecule has 0 bridgehead atoms. The Balaban J connectivity index is 2.90. The van der Waals surface area contributed by atoms with E-state index in [2.05, 4.69) is 15.0 Å². The highest BCUT2D eigenvalue weighted by Gasteiger charge is 2.18. The van der Waals surface area contributed by atoms with E-state index in [1.54, 1.807) is 0 Å². The van der Waals surface area contributed by atoms with Gasteiger partial charge in [-0.3, -0.25) is 4.79 Å². The number of rotatable bonds is 5. The lowest BCUT2D eigenvalue weighted by Gasteiger charge is -2.03. The van der Waals surface area contributed by atoms with E-state index in [0.717, 1.165) is 0 Å². The molecule has 1 heterocycles. The van der Waals surface area contributed by atoms with Gasteiger partial charge in [0.05, 0.1) is 19.3 Å². The normalized spacial score (nSPS) is 10.1. The number of ether oxygens (including phenoxy) is 1. The molecule has 0 aromatic carbocycles. The van der Waals surface area contributed by atoms with Gasteiger partial charge in [0, 0.05) is 6.42 Å². The predicted molar refractivity (Wildman–Crippen MR) is 54.6 cm³/mol. The topological polar surface area (TPSA) is 100 Å². The first-order chi connectivity index (χ1) is 7.60. The monoisotopic (exact) mass is 226 g/mol. The van der Waals surface area contributed by atoms with E-state index in [1.165, 1.54) is 11.8 Å². The minimum absolute atomic E-state index is 0.164. The van der Waals surface area contributed by atoms with Crippen LogP contribution in [-0.2, 0) is 22.5 Å². The number of aryl methyl sites for hydroxylation is 1. The summed E-state index contributed by atoms with van der Waals surface area (Å²) in [7, 11) is 1.28. The molecule has 0 atom stereocenters. The van der Waals surface area contributed by atoms with Gasteiger partial charge >= 0.3 is 5.97 Å². The molecule has 0 aliphatic heterocycles. The smallest absolute Gasteiger partial charge is 0.360 e. The standard InChI is InChI=1S/C9H14N4O3/c1-3-6-8(9(15)16-2)11-12-13(6)5-4-7(10)14/h3-5H2,1-2H3,(H2,10,14). The first-order valence-electron chi connectivity index (χ1n) is 4.89. The minimum atomic E-state index is -0.526. The third-order valence-electron chi connectivity index (χ3n) is 2.12. The average molecular weight is 226 g/mol. The van der Waals surface area contributed by atoms with Crippen molar-refractivity contribution in [2.45, 2.75) is 26.3 Å². The Labute approximate surface area is 92.6 Å². The van der Waals surface area contributed by atoms with Crippen molar-refractivity contribution >= 4 is 11.9 Å². The Morgan fingerprint density at radius 1 is 1.50 bits per heavy atom. The van der Waals surface area contributed by atoms with E-state index < -0.39 is 11.9 Å². The van der Waals surface area contributed by atoms with E-state index in [9.17, 15) is 9.59 Å². The lowest BCUT2D eigenvalue weighted by atomic mass is 10.2. The quantitative estimate of drug-likeness (QED) is 0.682. The van der Waals surface area contributed by atoms with Crippen molar-refractivity contribution in [3.8, 4) is 0 Å². The van der Waals surface area contributed by atoms with Crippen LogP contribution >= 0.6 is 0 Å². The highest BCUT2D eigenvalue weighted by atomic mass is 16.5. The Hall–Kier alpha value is -1.92. The van der Waals surface area contributed by atoms with Gasteiger partial charge in [-0.1, -0.05) is 12.1 Å². The van der Waals surface area contributed by atoms with Crippen molar-refractivity contribution in [3.05, 3.63) is 11.4 Å². The van der Waals surface area contributed by atoms with Crippen LogP contribution in [0.5, 0.6) is 0 Å². The molecule has 0 fully saturated rings.